The molecule has 0 aliphatic carbocycles. The van der Waals surface area contributed by atoms with Crippen LogP contribution in [-0.2, 0) is 4.79 Å². The van der Waals surface area contributed by atoms with Crippen LogP contribution < -0.4 is 10.2 Å². The second-order valence-electron chi connectivity index (χ2n) is 4.37. The third-order valence-electron chi connectivity index (χ3n) is 3.39. The minimum atomic E-state index is 0.244. The molecule has 2 fully saturated rings. The Morgan fingerprint density at radius 2 is 2.14 bits per heavy atom. The van der Waals surface area contributed by atoms with Gasteiger partial charge in [0, 0.05) is 39.0 Å². The maximum absolute atomic E-state index is 12.1. The quantitative estimate of drug-likeness (QED) is 0.516. The Bertz CT molecular complexity index is 213. The summed E-state index contributed by atoms with van der Waals surface area (Å²) in [5, 5.41) is 3.27. The zero-order valence-electron chi connectivity index (χ0n) is 8.88. The molecule has 80 valence electrons. The first-order chi connectivity index (χ1) is 6.79. The molecular weight excluding hydrogens is 178 g/mol. The second-order valence-corrected chi connectivity index (χ2v) is 4.37. The van der Waals surface area contributed by atoms with E-state index in [4.69, 9.17) is 0 Å². The second kappa shape index (κ2) is 4.28. The van der Waals surface area contributed by atoms with Crippen molar-refractivity contribution in [3.05, 3.63) is 0 Å². The highest BCUT2D eigenvalue weighted by Crippen LogP contribution is 2.04. The highest BCUT2D eigenvalue weighted by Gasteiger charge is 2.35. The van der Waals surface area contributed by atoms with Gasteiger partial charge in [-0.1, -0.05) is 0 Å². The van der Waals surface area contributed by atoms with Crippen molar-refractivity contribution in [2.24, 2.45) is 0 Å². The van der Waals surface area contributed by atoms with Crippen molar-refractivity contribution in [2.75, 3.05) is 39.8 Å². The summed E-state index contributed by atoms with van der Waals surface area (Å²) in [7, 11) is 2.14. The molecule has 1 unspecified atom stereocenters. The first kappa shape index (κ1) is 9.93. The smallest absolute Gasteiger partial charge is 0.280 e. The molecule has 0 radical (unpaired) electrons. The average Bonchev–Trinajstić information content (AvgIpc) is 2.65. The van der Waals surface area contributed by atoms with Gasteiger partial charge < -0.3 is 15.1 Å². The van der Waals surface area contributed by atoms with Gasteiger partial charge in [-0.15, -0.1) is 0 Å². The van der Waals surface area contributed by atoms with Gasteiger partial charge in [0.25, 0.3) is 5.91 Å². The molecule has 0 aromatic heterocycles. The van der Waals surface area contributed by atoms with E-state index in [0.29, 0.717) is 5.91 Å². The van der Waals surface area contributed by atoms with Gasteiger partial charge in [-0.3, -0.25) is 4.79 Å². The molecule has 4 heteroatoms. The summed E-state index contributed by atoms with van der Waals surface area (Å²) >= 11 is 0. The Morgan fingerprint density at radius 3 is 2.71 bits per heavy atom. The van der Waals surface area contributed by atoms with Gasteiger partial charge in [-0.05, 0) is 0 Å². The van der Waals surface area contributed by atoms with Crippen LogP contribution in [-0.4, -0.2) is 56.6 Å². The SMILES string of the molecule is C[NH+]1CCC[C@H]1C(=O)N1CCNCC1. The highest BCUT2D eigenvalue weighted by atomic mass is 16.2. The molecule has 2 N–H and O–H groups in total. The normalized spacial score (nSPS) is 33.4. The molecule has 0 spiro atoms. The lowest BCUT2D eigenvalue weighted by molar-refractivity contribution is -0.882. The summed E-state index contributed by atoms with van der Waals surface area (Å²) in [6.07, 6.45) is 2.28. The Labute approximate surface area is 85.2 Å². The van der Waals surface area contributed by atoms with Gasteiger partial charge in [0.1, 0.15) is 0 Å². The van der Waals surface area contributed by atoms with Gasteiger partial charge in [0.2, 0.25) is 0 Å². The number of quaternary nitrogens is 1. The number of hydrogen-bond donors (Lipinski definition) is 2. The maximum Gasteiger partial charge on any atom is 0.280 e. The van der Waals surface area contributed by atoms with Crippen LogP contribution >= 0.6 is 0 Å². The van der Waals surface area contributed by atoms with Crippen molar-refractivity contribution in [1.29, 1.82) is 0 Å². The summed E-state index contributed by atoms with van der Waals surface area (Å²) in [6, 6.07) is 0.244. The van der Waals surface area contributed by atoms with Crippen LogP contribution in [0.1, 0.15) is 12.8 Å². The number of nitrogens with one attached hydrogen (secondary N) is 2. The lowest BCUT2D eigenvalue weighted by Crippen LogP contribution is -3.12. The van der Waals surface area contributed by atoms with Gasteiger partial charge in [0.05, 0.1) is 13.6 Å². The van der Waals surface area contributed by atoms with Crippen LogP contribution in [0.4, 0.5) is 0 Å². The number of likely N-dealkylation sites (tertiary alicyclic amines) is 1. The Balaban J connectivity index is 1.92. The molecule has 14 heavy (non-hydrogen) atoms. The van der Waals surface area contributed by atoms with Crippen molar-refractivity contribution in [3.63, 3.8) is 0 Å². The van der Waals surface area contributed by atoms with Crippen LogP contribution in [0.25, 0.3) is 0 Å². The van der Waals surface area contributed by atoms with Gasteiger partial charge >= 0.3 is 0 Å². The molecular formula is C10H20N3O+. The molecule has 2 saturated heterocycles. The fraction of sp³-hybridized carbons (Fsp3) is 0.900. The Hall–Kier alpha value is -0.610. The molecule has 2 atom stereocenters. The van der Waals surface area contributed by atoms with Crippen molar-refractivity contribution in [3.8, 4) is 0 Å². The molecule has 1 amide bonds. The number of likely N-dealkylation sites (N-methyl/N-ethyl adjacent to an activating group) is 1. The molecule has 0 bridgehead atoms. The average molecular weight is 198 g/mol. The standard InChI is InChI=1S/C10H19N3O/c1-12-6-2-3-9(12)10(14)13-7-4-11-5-8-13/h9,11H,2-8H2,1H3/p+1/t9-/m0/s1. The Morgan fingerprint density at radius 1 is 1.43 bits per heavy atom. The summed E-state index contributed by atoms with van der Waals surface area (Å²) in [6.45, 7) is 4.85. The van der Waals surface area contributed by atoms with E-state index >= 15 is 0 Å². The van der Waals surface area contributed by atoms with Crippen molar-refractivity contribution >= 4 is 5.91 Å². The van der Waals surface area contributed by atoms with Crippen LogP contribution in [0.2, 0.25) is 0 Å². The third-order valence-corrected chi connectivity index (χ3v) is 3.39. The number of nitrogens with zero attached hydrogens (tertiary/aromatic N) is 1. The number of carbonyl (C=O) groups is 1. The fourth-order valence-electron chi connectivity index (χ4n) is 2.45. The van der Waals surface area contributed by atoms with Crippen molar-refractivity contribution in [2.45, 2.75) is 18.9 Å². The fourth-order valence-corrected chi connectivity index (χ4v) is 2.45. The predicted molar refractivity (Wildman–Crippen MR) is 54.2 cm³/mol. The number of amides is 1. The van der Waals surface area contributed by atoms with Gasteiger partial charge in [0.15, 0.2) is 6.04 Å². The predicted octanol–water partition coefficient (Wildman–Crippen LogP) is -1.90. The molecule has 0 aromatic carbocycles. The molecule has 2 aliphatic rings. The monoisotopic (exact) mass is 198 g/mol. The lowest BCUT2D eigenvalue weighted by atomic mass is 10.2. The highest BCUT2D eigenvalue weighted by molar-refractivity contribution is 5.80. The van der Waals surface area contributed by atoms with E-state index < -0.39 is 0 Å². The number of carbonyl (C=O) groups excluding carboxylic acids is 1. The van der Waals surface area contributed by atoms with E-state index in [-0.39, 0.29) is 6.04 Å². The number of piperazine rings is 1. The summed E-state index contributed by atoms with van der Waals surface area (Å²) in [4.78, 5) is 15.5. The lowest BCUT2D eigenvalue weighted by Gasteiger charge is -2.30. The maximum atomic E-state index is 12.1. The largest absolute Gasteiger partial charge is 0.335 e. The molecule has 4 nitrogen and oxygen atoms in total. The van der Waals surface area contributed by atoms with Crippen molar-refractivity contribution in [1.82, 2.24) is 10.2 Å². The third kappa shape index (κ3) is 1.91. The van der Waals surface area contributed by atoms with E-state index in [9.17, 15) is 4.79 Å². The molecule has 0 saturated carbocycles. The minimum absolute atomic E-state index is 0.244. The van der Waals surface area contributed by atoms with Crippen LogP contribution in [0.3, 0.4) is 0 Å². The van der Waals surface area contributed by atoms with Crippen LogP contribution in [0, 0.1) is 0 Å². The topological polar surface area (TPSA) is 36.8 Å². The minimum Gasteiger partial charge on any atom is -0.335 e. The summed E-state index contributed by atoms with van der Waals surface area (Å²) in [5.74, 6) is 0.376. The van der Waals surface area contributed by atoms with E-state index in [1.165, 1.54) is 11.3 Å². The van der Waals surface area contributed by atoms with Crippen molar-refractivity contribution < 1.29 is 9.69 Å². The van der Waals surface area contributed by atoms with Gasteiger partial charge in [-0.25, -0.2) is 0 Å². The molecule has 2 heterocycles. The van der Waals surface area contributed by atoms with E-state index in [2.05, 4.69) is 12.4 Å². The van der Waals surface area contributed by atoms with E-state index in [1.807, 2.05) is 4.90 Å². The number of hydrogen-bond acceptors (Lipinski definition) is 2. The van der Waals surface area contributed by atoms with Crippen LogP contribution in [0.15, 0.2) is 0 Å². The first-order valence-corrected chi connectivity index (χ1v) is 5.61. The van der Waals surface area contributed by atoms with E-state index in [0.717, 1.165) is 39.1 Å². The van der Waals surface area contributed by atoms with Gasteiger partial charge in [-0.2, -0.15) is 0 Å². The summed E-state index contributed by atoms with van der Waals surface area (Å²) in [5.41, 5.74) is 0. The van der Waals surface area contributed by atoms with Crippen LogP contribution in [0.5, 0.6) is 0 Å². The zero-order valence-corrected chi connectivity index (χ0v) is 8.88. The van der Waals surface area contributed by atoms with E-state index in [1.54, 1.807) is 0 Å². The zero-order chi connectivity index (χ0) is 9.97. The Kier molecular flexibility index (Phi) is 3.03. The molecule has 2 aliphatic heterocycles. The molecule has 2 rings (SSSR count). The number of rotatable bonds is 1. The summed E-state index contributed by atoms with van der Waals surface area (Å²) < 4.78 is 0. The first-order valence-electron chi connectivity index (χ1n) is 5.61. The molecule has 0 aromatic rings.